The number of amides is 2. The fourth-order valence-electron chi connectivity index (χ4n) is 7.75. The van der Waals surface area contributed by atoms with Crippen LogP contribution >= 0.6 is 11.6 Å². The normalized spacial score (nSPS) is 19.4. The first-order chi connectivity index (χ1) is 27.0. The van der Waals surface area contributed by atoms with Crippen LogP contribution in [0.2, 0.25) is 5.02 Å². The largest absolute Gasteiger partial charge is 0.496 e. The smallest absolute Gasteiger partial charge is 0.421 e. The van der Waals surface area contributed by atoms with E-state index in [1.807, 2.05) is 42.5 Å². The molecule has 0 bridgehead atoms. The Labute approximate surface area is 328 Å². The van der Waals surface area contributed by atoms with Crippen LogP contribution in [0.4, 0.5) is 13.2 Å². The number of rotatable bonds is 14. The lowest BCUT2D eigenvalue weighted by atomic mass is 9.84. The van der Waals surface area contributed by atoms with Crippen LogP contribution in [-0.2, 0) is 35.3 Å². The molecule has 0 radical (unpaired) electrons. The Morgan fingerprint density at radius 1 is 0.839 bits per heavy atom. The van der Waals surface area contributed by atoms with Gasteiger partial charge >= 0.3 is 6.18 Å². The number of ether oxygens (including phenoxy) is 3. The summed E-state index contributed by atoms with van der Waals surface area (Å²) in [6, 6.07) is 14.4. The molecule has 15 heteroatoms. The number of hydrogen-bond donors (Lipinski definition) is 4. The standard InChI is InChI=1S/C41H44ClF3N6O5/c1-54-34-18-23(9-10-24(34)19-46-21-26-11-13-35(52)49-26)38-37(42)31(15-16-48-38)29-5-3-7-30-28(29)6-4-8-33(30)56-40-32(41(43,44)45)17-25(39(51-40)55-2)20-47-22-27-12-14-36(53)50-27/h3,5,7,9-10,15-18,26-27,33,46-47H,4,6,8,11-14,19-22H2,1-2H3,(H,49,52)(H,50,53)/t26?,27?,33-/m0/s1. The minimum Gasteiger partial charge on any atom is -0.496 e. The second kappa shape index (κ2) is 17.1. The van der Waals surface area contributed by atoms with Crippen LogP contribution in [0.25, 0.3) is 22.4 Å². The van der Waals surface area contributed by atoms with Crippen molar-refractivity contribution in [1.82, 2.24) is 31.2 Å². The Morgan fingerprint density at radius 2 is 1.55 bits per heavy atom. The van der Waals surface area contributed by atoms with E-state index in [1.165, 1.54) is 7.11 Å². The molecule has 3 aliphatic rings. The van der Waals surface area contributed by atoms with Gasteiger partial charge in [0.2, 0.25) is 23.6 Å². The highest BCUT2D eigenvalue weighted by Gasteiger charge is 2.38. The van der Waals surface area contributed by atoms with Crippen LogP contribution in [0.3, 0.4) is 0 Å². The highest BCUT2D eigenvalue weighted by molar-refractivity contribution is 6.35. The highest BCUT2D eigenvalue weighted by Crippen LogP contribution is 2.45. The number of methoxy groups -OCH3 is 2. The molecule has 2 aromatic carbocycles. The summed E-state index contributed by atoms with van der Waals surface area (Å²) in [7, 11) is 2.97. The zero-order valence-corrected chi connectivity index (χ0v) is 31.9. The van der Waals surface area contributed by atoms with Crippen molar-refractivity contribution >= 4 is 23.4 Å². The number of pyridine rings is 2. The van der Waals surface area contributed by atoms with E-state index in [2.05, 4.69) is 31.2 Å². The lowest BCUT2D eigenvalue weighted by Crippen LogP contribution is -2.35. The number of alkyl halides is 3. The van der Waals surface area contributed by atoms with Gasteiger partial charge in [-0.1, -0.05) is 41.9 Å². The maximum Gasteiger partial charge on any atom is 0.421 e. The summed E-state index contributed by atoms with van der Waals surface area (Å²) in [6.45, 7) is 1.67. The molecule has 11 nitrogen and oxygen atoms in total. The van der Waals surface area contributed by atoms with Gasteiger partial charge in [-0.25, -0.2) is 0 Å². The Hall–Kier alpha value is -4.92. The Balaban J connectivity index is 1.12. The number of nitrogens with one attached hydrogen (secondary N) is 4. The van der Waals surface area contributed by atoms with Crippen molar-refractivity contribution in [3.8, 4) is 39.9 Å². The van der Waals surface area contributed by atoms with Crippen molar-refractivity contribution in [1.29, 1.82) is 0 Å². The van der Waals surface area contributed by atoms with Gasteiger partial charge in [0.25, 0.3) is 0 Å². The third-order valence-corrected chi connectivity index (χ3v) is 10.9. The molecule has 0 saturated carbocycles. The number of halogens is 4. The molecule has 56 heavy (non-hydrogen) atoms. The van der Waals surface area contributed by atoms with Crippen LogP contribution in [0, 0.1) is 0 Å². The molecule has 7 rings (SSSR count). The molecule has 2 unspecified atom stereocenters. The van der Waals surface area contributed by atoms with Crippen LogP contribution in [0.1, 0.15) is 72.4 Å². The van der Waals surface area contributed by atoms with Crippen LogP contribution in [0.5, 0.6) is 17.5 Å². The highest BCUT2D eigenvalue weighted by atomic mass is 35.5. The molecular weight excluding hydrogens is 749 g/mol. The molecule has 296 valence electrons. The predicted molar refractivity (Wildman–Crippen MR) is 205 cm³/mol. The SMILES string of the molecule is COc1cc(-c2nccc(-c3cccc4c3CCC[C@@H]4Oc3nc(OC)c(CNCC4CCC(=O)N4)cc3C(F)(F)F)c2Cl)ccc1CNCC1CCC(=O)N1. The van der Waals surface area contributed by atoms with E-state index >= 15 is 0 Å². The topological polar surface area (TPSA) is 136 Å². The van der Waals surface area contributed by atoms with Gasteiger partial charge in [-0.05, 0) is 67.0 Å². The number of aromatic nitrogens is 2. The van der Waals surface area contributed by atoms with Gasteiger partial charge in [0.05, 0.1) is 24.9 Å². The summed E-state index contributed by atoms with van der Waals surface area (Å²) in [5, 5.41) is 12.7. The van der Waals surface area contributed by atoms with E-state index < -0.39 is 23.7 Å². The van der Waals surface area contributed by atoms with Crippen LogP contribution in [-0.4, -0.2) is 61.2 Å². The molecule has 4 N–H and O–H groups in total. The van der Waals surface area contributed by atoms with Crippen molar-refractivity contribution in [2.24, 2.45) is 0 Å². The van der Waals surface area contributed by atoms with Crippen molar-refractivity contribution in [2.75, 3.05) is 27.3 Å². The maximum absolute atomic E-state index is 14.6. The van der Waals surface area contributed by atoms with Crippen molar-refractivity contribution in [2.45, 2.75) is 82.4 Å². The first-order valence-electron chi connectivity index (χ1n) is 18.8. The van der Waals surface area contributed by atoms with Gasteiger partial charge in [0.15, 0.2) is 0 Å². The number of hydrogen-bond acceptors (Lipinski definition) is 9. The molecule has 4 heterocycles. The molecule has 4 aromatic rings. The molecule has 3 atom stereocenters. The molecule has 2 aromatic heterocycles. The average Bonchev–Trinajstić information content (AvgIpc) is 3.81. The monoisotopic (exact) mass is 792 g/mol. The maximum atomic E-state index is 14.6. The number of carbonyl (C=O) groups excluding carboxylic acids is 2. The molecule has 1 aliphatic carbocycles. The Morgan fingerprint density at radius 3 is 2.20 bits per heavy atom. The van der Waals surface area contributed by atoms with E-state index in [0.29, 0.717) is 74.6 Å². The van der Waals surface area contributed by atoms with Gasteiger partial charge in [-0.3, -0.25) is 14.6 Å². The first kappa shape index (κ1) is 39.3. The molecule has 2 fully saturated rings. The molecule has 0 spiro atoms. The molecule has 2 amide bonds. The molecule has 2 aliphatic heterocycles. The molecular formula is C41H44ClF3N6O5. The lowest BCUT2D eigenvalue weighted by Gasteiger charge is -2.29. The number of carbonyl (C=O) groups is 2. The van der Waals surface area contributed by atoms with E-state index in [-0.39, 0.29) is 41.9 Å². The van der Waals surface area contributed by atoms with Gasteiger partial charge in [0.1, 0.15) is 17.4 Å². The van der Waals surface area contributed by atoms with E-state index in [4.69, 9.17) is 25.8 Å². The minimum atomic E-state index is -4.74. The lowest BCUT2D eigenvalue weighted by molar-refractivity contribution is -0.140. The van der Waals surface area contributed by atoms with Crippen LogP contribution in [0.15, 0.2) is 54.7 Å². The third kappa shape index (κ3) is 8.72. The number of fused-ring (bicyclic) bond motifs is 1. The summed E-state index contributed by atoms with van der Waals surface area (Å²) in [5.74, 6) is 0.177. The van der Waals surface area contributed by atoms with Gasteiger partial charge in [-0.15, -0.1) is 0 Å². The number of benzene rings is 2. The summed E-state index contributed by atoms with van der Waals surface area (Å²) in [5.41, 5.74) is 4.77. The minimum absolute atomic E-state index is 0.0248. The Kier molecular flexibility index (Phi) is 12.0. The fourth-order valence-corrected chi connectivity index (χ4v) is 8.07. The fraction of sp³-hybridized carbons (Fsp3) is 0.415. The van der Waals surface area contributed by atoms with E-state index in [0.717, 1.165) is 45.9 Å². The van der Waals surface area contributed by atoms with Gasteiger partial charge < -0.3 is 35.5 Å². The quantitative estimate of drug-likeness (QED) is 0.110. The second-order valence-electron chi connectivity index (χ2n) is 14.3. The van der Waals surface area contributed by atoms with Gasteiger partial charge in [-0.2, -0.15) is 18.2 Å². The van der Waals surface area contributed by atoms with E-state index in [9.17, 15) is 22.8 Å². The zero-order chi connectivity index (χ0) is 39.4. The van der Waals surface area contributed by atoms with Crippen molar-refractivity contribution in [3.05, 3.63) is 87.6 Å². The van der Waals surface area contributed by atoms with E-state index in [1.54, 1.807) is 13.3 Å². The van der Waals surface area contributed by atoms with Crippen molar-refractivity contribution in [3.63, 3.8) is 0 Å². The Bertz CT molecular complexity index is 2100. The summed E-state index contributed by atoms with van der Waals surface area (Å²) in [4.78, 5) is 32.0. The van der Waals surface area contributed by atoms with Crippen molar-refractivity contribution < 1.29 is 37.0 Å². The predicted octanol–water partition coefficient (Wildman–Crippen LogP) is 6.69. The molecule has 2 saturated heterocycles. The summed E-state index contributed by atoms with van der Waals surface area (Å²) in [6.07, 6.45) is 0.519. The third-order valence-electron chi connectivity index (χ3n) is 10.6. The summed E-state index contributed by atoms with van der Waals surface area (Å²) < 4.78 is 61.0. The summed E-state index contributed by atoms with van der Waals surface area (Å²) >= 11 is 7.13. The first-order valence-corrected chi connectivity index (χ1v) is 19.2. The second-order valence-corrected chi connectivity index (χ2v) is 14.7. The average molecular weight is 793 g/mol. The zero-order valence-electron chi connectivity index (χ0n) is 31.2. The number of nitrogens with zero attached hydrogens (tertiary/aromatic N) is 2. The van der Waals surface area contributed by atoms with Crippen LogP contribution < -0.4 is 35.5 Å². The van der Waals surface area contributed by atoms with Gasteiger partial charge in [0, 0.05) is 79.6 Å².